The van der Waals surface area contributed by atoms with Gasteiger partial charge in [-0.25, -0.2) is 0 Å². The van der Waals surface area contributed by atoms with Crippen LogP contribution < -0.4 is 5.32 Å². The van der Waals surface area contributed by atoms with E-state index < -0.39 is 0 Å². The lowest BCUT2D eigenvalue weighted by atomic mass is 10.2. The average Bonchev–Trinajstić information content (AvgIpc) is 2.37. The van der Waals surface area contributed by atoms with Crippen LogP contribution in [-0.2, 0) is 9.53 Å². The summed E-state index contributed by atoms with van der Waals surface area (Å²) in [6, 6.07) is 5.46. The zero-order valence-corrected chi connectivity index (χ0v) is 11.0. The van der Waals surface area contributed by atoms with Gasteiger partial charge in [-0.15, -0.1) is 0 Å². The molecule has 0 aromatic carbocycles. The lowest BCUT2D eigenvalue weighted by Crippen LogP contribution is -2.33. The minimum atomic E-state index is -0.175. The molecular weight excluding hydrogens is 236 g/mol. The molecule has 0 aliphatic carbocycles. The Morgan fingerprint density at radius 2 is 2.41 bits per heavy atom. The molecule has 1 N–H and O–H groups in total. The fourth-order valence-electron chi connectivity index (χ4n) is 1.38. The molecule has 0 saturated carbocycles. The van der Waals surface area contributed by atoms with Gasteiger partial charge in [0.15, 0.2) is 0 Å². The van der Waals surface area contributed by atoms with Crippen LogP contribution in [0.25, 0.3) is 0 Å². The summed E-state index contributed by atoms with van der Waals surface area (Å²) in [7, 11) is 1.61. The lowest BCUT2D eigenvalue weighted by Gasteiger charge is -2.17. The van der Waals surface area contributed by atoms with Gasteiger partial charge < -0.3 is 10.1 Å². The fraction of sp³-hybridized carbons (Fsp3) is 0.500. The van der Waals surface area contributed by atoms with Crippen LogP contribution in [0.1, 0.15) is 18.7 Å². The van der Waals surface area contributed by atoms with Gasteiger partial charge in [-0.3, -0.25) is 9.78 Å². The van der Waals surface area contributed by atoms with Crippen LogP contribution in [-0.4, -0.2) is 36.1 Å². The number of rotatable bonds is 7. The van der Waals surface area contributed by atoms with E-state index in [1.165, 1.54) is 0 Å². The van der Waals surface area contributed by atoms with Crippen molar-refractivity contribution in [3.05, 3.63) is 30.1 Å². The summed E-state index contributed by atoms with van der Waals surface area (Å²) in [5.74, 6) is 1.43. The van der Waals surface area contributed by atoms with E-state index in [-0.39, 0.29) is 11.9 Å². The van der Waals surface area contributed by atoms with Gasteiger partial charge in [-0.2, -0.15) is 11.8 Å². The van der Waals surface area contributed by atoms with Crippen LogP contribution >= 0.6 is 11.8 Å². The van der Waals surface area contributed by atoms with E-state index in [0.717, 1.165) is 11.4 Å². The number of carbonyl (C=O) groups excluding carboxylic acids is 1. The number of nitrogens with zero attached hydrogens (tertiary/aromatic N) is 1. The molecule has 0 unspecified atom stereocenters. The summed E-state index contributed by atoms with van der Waals surface area (Å²) in [5.41, 5.74) is 0.823. The third-order valence-corrected chi connectivity index (χ3v) is 3.03. The number of ether oxygens (including phenoxy) is 1. The van der Waals surface area contributed by atoms with Crippen LogP contribution in [0.5, 0.6) is 0 Å². The maximum atomic E-state index is 11.6. The normalized spacial score (nSPS) is 12.1. The average molecular weight is 254 g/mol. The predicted molar refractivity (Wildman–Crippen MR) is 70.0 cm³/mol. The third kappa shape index (κ3) is 5.19. The van der Waals surface area contributed by atoms with Crippen molar-refractivity contribution in [1.29, 1.82) is 0 Å². The van der Waals surface area contributed by atoms with E-state index >= 15 is 0 Å². The van der Waals surface area contributed by atoms with E-state index in [9.17, 15) is 4.79 Å². The highest BCUT2D eigenvalue weighted by atomic mass is 32.2. The standard InChI is InChI=1S/C12H18N2O2S/c1-3-17-9-12(15)14-11(8-16-2)10-6-4-5-7-13-10/h4-7,11H,3,8-9H2,1-2H3,(H,14,15)/t11-/m0/s1. The number of carbonyl (C=O) groups is 1. The summed E-state index contributed by atoms with van der Waals surface area (Å²) < 4.78 is 5.10. The van der Waals surface area contributed by atoms with Crippen molar-refractivity contribution in [3.8, 4) is 0 Å². The highest BCUT2D eigenvalue weighted by Crippen LogP contribution is 2.10. The number of amides is 1. The molecule has 1 aromatic heterocycles. The highest BCUT2D eigenvalue weighted by Gasteiger charge is 2.14. The maximum absolute atomic E-state index is 11.6. The van der Waals surface area contributed by atoms with Gasteiger partial charge in [0.05, 0.1) is 24.1 Å². The third-order valence-electron chi connectivity index (χ3n) is 2.15. The van der Waals surface area contributed by atoms with Gasteiger partial charge >= 0.3 is 0 Å². The van der Waals surface area contributed by atoms with Crippen LogP contribution in [0.2, 0.25) is 0 Å². The molecule has 0 fully saturated rings. The van der Waals surface area contributed by atoms with Crippen molar-refractivity contribution in [2.24, 2.45) is 0 Å². The largest absolute Gasteiger partial charge is 0.382 e. The maximum Gasteiger partial charge on any atom is 0.230 e. The van der Waals surface area contributed by atoms with Gasteiger partial charge in [0.1, 0.15) is 0 Å². The molecule has 5 heteroatoms. The second kappa shape index (κ2) is 8.08. The number of methoxy groups -OCH3 is 1. The zero-order chi connectivity index (χ0) is 12.5. The van der Waals surface area contributed by atoms with Crippen molar-refractivity contribution >= 4 is 17.7 Å². The molecular formula is C12H18N2O2S. The molecule has 0 saturated heterocycles. The van der Waals surface area contributed by atoms with Crippen molar-refractivity contribution in [2.75, 3.05) is 25.2 Å². The molecule has 1 rings (SSSR count). The van der Waals surface area contributed by atoms with Gasteiger partial charge in [-0.1, -0.05) is 13.0 Å². The summed E-state index contributed by atoms with van der Waals surface area (Å²) in [6.07, 6.45) is 1.71. The van der Waals surface area contributed by atoms with E-state index in [4.69, 9.17) is 4.74 Å². The first-order chi connectivity index (χ1) is 8.27. The quantitative estimate of drug-likeness (QED) is 0.803. The molecule has 1 atom stereocenters. The molecule has 4 nitrogen and oxygen atoms in total. The van der Waals surface area contributed by atoms with Crippen LogP contribution in [0.4, 0.5) is 0 Å². The SMILES string of the molecule is CCSCC(=O)N[C@@H](COC)c1ccccn1. The Balaban J connectivity index is 2.57. The molecule has 94 valence electrons. The number of pyridine rings is 1. The van der Waals surface area contributed by atoms with Crippen LogP contribution in [0.15, 0.2) is 24.4 Å². The second-order valence-corrected chi connectivity index (χ2v) is 4.74. The summed E-state index contributed by atoms with van der Waals surface area (Å²) >= 11 is 1.60. The van der Waals surface area contributed by atoms with E-state index in [0.29, 0.717) is 12.4 Å². The first-order valence-corrected chi connectivity index (χ1v) is 6.70. The number of nitrogens with one attached hydrogen (secondary N) is 1. The predicted octanol–water partition coefficient (Wildman–Crippen LogP) is 1.64. The first kappa shape index (κ1) is 14.0. The van der Waals surface area contributed by atoms with Crippen molar-refractivity contribution < 1.29 is 9.53 Å². The second-order valence-electron chi connectivity index (χ2n) is 3.47. The Hall–Kier alpha value is -1.07. The van der Waals surface area contributed by atoms with E-state index in [2.05, 4.69) is 10.3 Å². The summed E-state index contributed by atoms with van der Waals surface area (Å²) in [5, 5.41) is 2.92. The minimum Gasteiger partial charge on any atom is -0.382 e. The number of aromatic nitrogens is 1. The topological polar surface area (TPSA) is 51.2 Å². The molecule has 17 heavy (non-hydrogen) atoms. The van der Waals surface area contributed by atoms with Gasteiger partial charge in [0.25, 0.3) is 0 Å². The lowest BCUT2D eigenvalue weighted by molar-refractivity contribution is -0.119. The number of hydrogen-bond acceptors (Lipinski definition) is 4. The molecule has 1 amide bonds. The molecule has 0 radical (unpaired) electrons. The zero-order valence-electron chi connectivity index (χ0n) is 10.2. The first-order valence-electron chi connectivity index (χ1n) is 5.55. The van der Waals surface area contributed by atoms with Crippen molar-refractivity contribution in [3.63, 3.8) is 0 Å². The molecule has 1 heterocycles. The smallest absolute Gasteiger partial charge is 0.230 e. The summed E-state index contributed by atoms with van der Waals surface area (Å²) in [4.78, 5) is 15.9. The summed E-state index contributed by atoms with van der Waals surface area (Å²) in [6.45, 7) is 2.46. The van der Waals surface area contributed by atoms with Crippen LogP contribution in [0.3, 0.4) is 0 Å². The van der Waals surface area contributed by atoms with Crippen LogP contribution in [0, 0.1) is 0 Å². The molecule has 1 aromatic rings. The molecule has 0 aliphatic heterocycles. The number of hydrogen-bond donors (Lipinski definition) is 1. The van der Waals surface area contributed by atoms with Crippen molar-refractivity contribution in [1.82, 2.24) is 10.3 Å². The fourth-order valence-corrected chi connectivity index (χ4v) is 1.85. The van der Waals surface area contributed by atoms with E-state index in [1.807, 2.05) is 25.1 Å². The Bertz CT molecular complexity index is 333. The van der Waals surface area contributed by atoms with Crippen molar-refractivity contribution in [2.45, 2.75) is 13.0 Å². The Labute approximate surface area is 106 Å². The highest BCUT2D eigenvalue weighted by molar-refractivity contribution is 7.99. The number of thioether (sulfide) groups is 1. The Morgan fingerprint density at radius 3 is 3.00 bits per heavy atom. The van der Waals surface area contributed by atoms with Gasteiger partial charge in [0, 0.05) is 13.3 Å². The molecule has 0 bridgehead atoms. The minimum absolute atomic E-state index is 0.0181. The molecule has 0 spiro atoms. The Kier molecular flexibility index (Phi) is 6.65. The monoisotopic (exact) mass is 254 g/mol. The van der Waals surface area contributed by atoms with Gasteiger partial charge in [-0.05, 0) is 17.9 Å². The van der Waals surface area contributed by atoms with E-state index in [1.54, 1.807) is 25.1 Å². The van der Waals surface area contributed by atoms with Gasteiger partial charge in [0.2, 0.25) is 5.91 Å². The Morgan fingerprint density at radius 1 is 1.59 bits per heavy atom. The molecule has 0 aliphatic rings.